The Morgan fingerprint density at radius 3 is 2.29 bits per heavy atom. The fourth-order valence-electron chi connectivity index (χ4n) is 2.51. The molecule has 2 aromatic rings. The predicted octanol–water partition coefficient (Wildman–Crippen LogP) is 4.34. The zero-order valence-corrected chi connectivity index (χ0v) is 16.7. The number of hydrogen-bond donors (Lipinski definition) is 2. The third-order valence-electron chi connectivity index (χ3n) is 3.82. The van der Waals surface area contributed by atoms with Crippen molar-refractivity contribution in [3.05, 3.63) is 54.1 Å². The molecule has 0 radical (unpaired) electrons. The average molecular weight is 384 g/mol. The van der Waals surface area contributed by atoms with E-state index in [4.69, 9.17) is 9.47 Å². The van der Waals surface area contributed by atoms with E-state index in [1.54, 1.807) is 48.5 Å². The van der Waals surface area contributed by atoms with Crippen LogP contribution in [-0.2, 0) is 9.53 Å². The van der Waals surface area contributed by atoms with Crippen LogP contribution in [-0.4, -0.2) is 31.6 Å². The summed E-state index contributed by atoms with van der Waals surface area (Å²) in [4.78, 5) is 24.3. The Morgan fingerprint density at radius 2 is 1.64 bits per heavy atom. The number of ether oxygens (including phenoxy) is 2. The molecule has 0 aliphatic heterocycles. The molecule has 0 unspecified atom stereocenters. The van der Waals surface area contributed by atoms with Crippen molar-refractivity contribution in [2.24, 2.45) is 5.92 Å². The van der Waals surface area contributed by atoms with Crippen molar-refractivity contribution in [2.45, 2.75) is 27.2 Å². The molecule has 6 heteroatoms. The van der Waals surface area contributed by atoms with Crippen LogP contribution >= 0.6 is 0 Å². The molecule has 0 fully saturated rings. The van der Waals surface area contributed by atoms with Gasteiger partial charge in [-0.2, -0.15) is 0 Å². The molecule has 0 saturated heterocycles. The van der Waals surface area contributed by atoms with Crippen molar-refractivity contribution in [2.75, 3.05) is 30.5 Å². The third-order valence-corrected chi connectivity index (χ3v) is 3.82. The summed E-state index contributed by atoms with van der Waals surface area (Å²) >= 11 is 0. The lowest BCUT2D eigenvalue weighted by Crippen LogP contribution is -2.14. The monoisotopic (exact) mass is 384 g/mol. The van der Waals surface area contributed by atoms with Crippen molar-refractivity contribution in [3.8, 4) is 5.75 Å². The van der Waals surface area contributed by atoms with Gasteiger partial charge in [0.2, 0.25) is 5.91 Å². The van der Waals surface area contributed by atoms with E-state index in [0.717, 1.165) is 0 Å². The lowest BCUT2D eigenvalue weighted by atomic mass is 10.1. The fourth-order valence-corrected chi connectivity index (χ4v) is 2.51. The van der Waals surface area contributed by atoms with Crippen LogP contribution in [0.25, 0.3) is 0 Å². The van der Waals surface area contributed by atoms with Crippen molar-refractivity contribution < 1.29 is 19.1 Å². The van der Waals surface area contributed by atoms with Crippen LogP contribution in [0.5, 0.6) is 5.75 Å². The van der Waals surface area contributed by atoms with Gasteiger partial charge in [-0.25, -0.2) is 0 Å². The number of amides is 2. The molecule has 0 spiro atoms. The van der Waals surface area contributed by atoms with Gasteiger partial charge in [0.05, 0.1) is 6.61 Å². The zero-order valence-electron chi connectivity index (χ0n) is 16.7. The summed E-state index contributed by atoms with van der Waals surface area (Å²) in [5.74, 6) is 0.674. The molecule has 2 amide bonds. The van der Waals surface area contributed by atoms with Crippen LogP contribution in [0.2, 0.25) is 0 Å². The maximum atomic E-state index is 12.5. The van der Waals surface area contributed by atoms with Gasteiger partial charge < -0.3 is 20.1 Å². The molecule has 0 saturated carbocycles. The van der Waals surface area contributed by atoms with Gasteiger partial charge in [-0.3, -0.25) is 9.59 Å². The Labute approximate surface area is 166 Å². The number of benzene rings is 2. The van der Waals surface area contributed by atoms with E-state index in [-0.39, 0.29) is 11.8 Å². The molecular formula is C22H28N2O4. The van der Waals surface area contributed by atoms with E-state index in [9.17, 15) is 9.59 Å². The smallest absolute Gasteiger partial charge is 0.255 e. The van der Waals surface area contributed by atoms with Gasteiger partial charge in [-0.05, 0) is 55.3 Å². The molecular weight excluding hydrogens is 356 g/mol. The second-order valence-corrected chi connectivity index (χ2v) is 6.75. The molecule has 0 aliphatic rings. The first-order valence-electron chi connectivity index (χ1n) is 9.49. The second kappa shape index (κ2) is 11.1. The fraction of sp³-hybridized carbons (Fsp3) is 0.364. The Balaban J connectivity index is 1.91. The Bertz CT molecular complexity index is 772. The Hall–Kier alpha value is -2.86. The van der Waals surface area contributed by atoms with Crippen LogP contribution in [0.4, 0.5) is 11.4 Å². The van der Waals surface area contributed by atoms with E-state index < -0.39 is 0 Å². The van der Waals surface area contributed by atoms with E-state index in [1.165, 1.54) is 0 Å². The van der Waals surface area contributed by atoms with Crippen LogP contribution in [0, 0.1) is 5.92 Å². The summed E-state index contributed by atoms with van der Waals surface area (Å²) in [7, 11) is 0. The molecule has 2 rings (SSSR count). The molecule has 28 heavy (non-hydrogen) atoms. The molecule has 2 N–H and O–H groups in total. The number of rotatable bonds is 10. The van der Waals surface area contributed by atoms with E-state index in [2.05, 4.69) is 10.6 Å². The van der Waals surface area contributed by atoms with Gasteiger partial charge in [0.25, 0.3) is 5.91 Å². The zero-order chi connectivity index (χ0) is 20.4. The molecule has 0 aromatic heterocycles. The summed E-state index contributed by atoms with van der Waals surface area (Å²) in [5.41, 5.74) is 1.85. The number of nitrogens with one attached hydrogen (secondary N) is 2. The van der Waals surface area contributed by atoms with Crippen molar-refractivity contribution in [1.29, 1.82) is 0 Å². The molecule has 0 bridgehead atoms. The summed E-state index contributed by atoms with van der Waals surface area (Å²) in [5, 5.41) is 5.69. The van der Waals surface area contributed by atoms with Crippen molar-refractivity contribution in [1.82, 2.24) is 0 Å². The minimum Gasteiger partial charge on any atom is -0.491 e. The first kappa shape index (κ1) is 21.4. The first-order valence-corrected chi connectivity index (χ1v) is 9.49. The molecule has 2 aromatic carbocycles. The summed E-state index contributed by atoms with van der Waals surface area (Å²) < 4.78 is 10.8. The minimum atomic E-state index is -0.230. The van der Waals surface area contributed by atoms with Gasteiger partial charge in [0, 0.05) is 30.0 Å². The van der Waals surface area contributed by atoms with Crippen LogP contribution in [0.15, 0.2) is 48.5 Å². The van der Waals surface area contributed by atoms with E-state index in [1.807, 2.05) is 20.8 Å². The molecule has 6 nitrogen and oxygen atoms in total. The predicted molar refractivity (Wildman–Crippen MR) is 111 cm³/mol. The number of carbonyl (C=O) groups excluding carboxylic acids is 2. The lowest BCUT2D eigenvalue weighted by Gasteiger charge is -2.10. The van der Waals surface area contributed by atoms with Gasteiger partial charge in [-0.1, -0.05) is 19.9 Å². The normalized spacial score (nSPS) is 10.6. The second-order valence-electron chi connectivity index (χ2n) is 6.75. The van der Waals surface area contributed by atoms with Crippen molar-refractivity contribution >= 4 is 23.2 Å². The summed E-state index contributed by atoms with van der Waals surface area (Å²) in [6.45, 7) is 7.51. The van der Waals surface area contributed by atoms with Crippen LogP contribution in [0.3, 0.4) is 0 Å². The highest BCUT2D eigenvalue weighted by Gasteiger charge is 2.09. The summed E-state index contributed by atoms with van der Waals surface area (Å²) in [6.07, 6.45) is 0.474. The van der Waals surface area contributed by atoms with E-state index >= 15 is 0 Å². The molecule has 0 atom stereocenters. The van der Waals surface area contributed by atoms with Gasteiger partial charge in [-0.15, -0.1) is 0 Å². The maximum absolute atomic E-state index is 12.5. The third kappa shape index (κ3) is 7.40. The largest absolute Gasteiger partial charge is 0.491 e. The number of hydrogen-bond acceptors (Lipinski definition) is 4. The Morgan fingerprint density at radius 1 is 0.964 bits per heavy atom. The highest BCUT2D eigenvalue weighted by molar-refractivity contribution is 6.04. The first-order chi connectivity index (χ1) is 13.5. The quantitative estimate of drug-likeness (QED) is 0.598. The van der Waals surface area contributed by atoms with Crippen LogP contribution < -0.4 is 15.4 Å². The lowest BCUT2D eigenvalue weighted by molar-refractivity contribution is -0.116. The molecule has 0 aliphatic carbocycles. The number of anilines is 2. The summed E-state index contributed by atoms with van der Waals surface area (Å²) in [6, 6.07) is 14.0. The highest BCUT2D eigenvalue weighted by atomic mass is 16.5. The standard InChI is InChI=1S/C22H28N2O4/c1-4-27-12-13-28-20-7-5-6-17(15-20)22(26)24-19-10-8-18(9-11-19)23-21(25)14-16(2)3/h5-11,15-16H,4,12-14H2,1-3H3,(H,23,25)(H,24,26). The van der Waals surface area contributed by atoms with E-state index in [0.29, 0.717) is 54.8 Å². The van der Waals surface area contributed by atoms with Crippen LogP contribution in [0.1, 0.15) is 37.6 Å². The average Bonchev–Trinajstić information content (AvgIpc) is 2.66. The number of carbonyl (C=O) groups is 2. The molecule has 0 heterocycles. The molecule has 150 valence electrons. The SMILES string of the molecule is CCOCCOc1cccc(C(=O)Nc2ccc(NC(=O)CC(C)C)cc2)c1. The van der Waals surface area contributed by atoms with Gasteiger partial charge in [0.15, 0.2) is 0 Å². The highest BCUT2D eigenvalue weighted by Crippen LogP contribution is 2.18. The topological polar surface area (TPSA) is 76.7 Å². The van der Waals surface area contributed by atoms with Crippen molar-refractivity contribution in [3.63, 3.8) is 0 Å². The van der Waals surface area contributed by atoms with Gasteiger partial charge in [0.1, 0.15) is 12.4 Å². The van der Waals surface area contributed by atoms with Gasteiger partial charge >= 0.3 is 0 Å². The minimum absolute atomic E-state index is 0.0204. The Kier molecular flexibility index (Phi) is 8.49. The maximum Gasteiger partial charge on any atom is 0.255 e.